The minimum atomic E-state index is -0.344. The van der Waals surface area contributed by atoms with Gasteiger partial charge in [0.1, 0.15) is 6.10 Å². The summed E-state index contributed by atoms with van der Waals surface area (Å²) in [5.74, 6) is 1.70. The fraction of sp³-hybridized carbons (Fsp3) is 0.826. The lowest BCUT2D eigenvalue weighted by Gasteiger charge is -2.60. The number of carbonyl (C=O) groups is 2. The molecule has 0 aliphatic heterocycles. The monoisotopic (exact) mass is 374 g/mol. The Bertz CT molecular complexity index is 682. The summed E-state index contributed by atoms with van der Waals surface area (Å²) in [5, 5.41) is 11.3. The van der Waals surface area contributed by atoms with Gasteiger partial charge in [0, 0.05) is 19.3 Å². The summed E-state index contributed by atoms with van der Waals surface area (Å²) < 4.78 is 5.57. The summed E-state index contributed by atoms with van der Waals surface area (Å²) in [6.07, 6.45) is 8.03. The number of fused-ring (bicyclic) bond motifs is 5. The van der Waals surface area contributed by atoms with Crippen LogP contribution in [-0.4, -0.2) is 29.1 Å². The van der Waals surface area contributed by atoms with Gasteiger partial charge in [0.25, 0.3) is 0 Å². The van der Waals surface area contributed by atoms with Crippen LogP contribution in [0.1, 0.15) is 72.6 Å². The minimum Gasteiger partial charge on any atom is -0.463 e. The quantitative estimate of drug-likeness (QED) is 0.741. The zero-order chi connectivity index (χ0) is 19.6. The van der Waals surface area contributed by atoms with E-state index in [9.17, 15) is 14.7 Å². The summed E-state index contributed by atoms with van der Waals surface area (Å²) in [7, 11) is 0. The van der Waals surface area contributed by atoms with E-state index in [0.717, 1.165) is 38.5 Å². The molecule has 8 atom stereocenters. The van der Waals surface area contributed by atoms with Crippen LogP contribution >= 0.6 is 0 Å². The van der Waals surface area contributed by atoms with E-state index < -0.39 is 0 Å². The second kappa shape index (κ2) is 6.43. The third-order valence-electron chi connectivity index (χ3n) is 8.89. The van der Waals surface area contributed by atoms with Gasteiger partial charge in [-0.2, -0.15) is 0 Å². The van der Waals surface area contributed by atoms with Gasteiger partial charge in [-0.15, -0.1) is 0 Å². The van der Waals surface area contributed by atoms with Crippen LogP contribution in [0, 0.1) is 34.5 Å². The molecule has 3 saturated carbocycles. The van der Waals surface area contributed by atoms with Crippen LogP contribution in [0.15, 0.2) is 11.6 Å². The highest BCUT2D eigenvalue weighted by molar-refractivity contribution is 5.91. The van der Waals surface area contributed by atoms with E-state index in [4.69, 9.17) is 4.74 Å². The summed E-state index contributed by atoms with van der Waals surface area (Å²) in [4.78, 5) is 23.4. The van der Waals surface area contributed by atoms with Crippen molar-refractivity contribution in [3.63, 3.8) is 0 Å². The number of aliphatic hydroxyl groups is 1. The minimum absolute atomic E-state index is 0.0253. The molecule has 150 valence electrons. The summed E-state index contributed by atoms with van der Waals surface area (Å²) >= 11 is 0. The van der Waals surface area contributed by atoms with Gasteiger partial charge in [0.2, 0.25) is 0 Å². The van der Waals surface area contributed by atoms with Crippen LogP contribution in [-0.2, 0) is 14.3 Å². The van der Waals surface area contributed by atoms with Gasteiger partial charge in [-0.25, -0.2) is 0 Å². The number of ether oxygens (including phenoxy) is 1. The summed E-state index contributed by atoms with van der Waals surface area (Å²) in [6, 6.07) is 0. The third-order valence-corrected chi connectivity index (χ3v) is 8.89. The first-order chi connectivity index (χ1) is 12.7. The molecule has 0 aromatic rings. The molecule has 3 fully saturated rings. The van der Waals surface area contributed by atoms with E-state index in [-0.39, 0.29) is 40.7 Å². The molecule has 0 aromatic heterocycles. The molecule has 1 N–H and O–H groups in total. The van der Waals surface area contributed by atoms with Gasteiger partial charge in [-0.1, -0.05) is 19.4 Å². The average molecular weight is 375 g/mol. The molecule has 4 aliphatic rings. The Kier molecular flexibility index (Phi) is 4.57. The Balaban J connectivity index is 1.64. The summed E-state index contributed by atoms with van der Waals surface area (Å²) in [5.41, 5.74) is 1.28. The third kappa shape index (κ3) is 2.82. The van der Waals surface area contributed by atoms with Crippen molar-refractivity contribution in [2.45, 2.75) is 84.8 Å². The zero-order valence-corrected chi connectivity index (χ0v) is 17.2. The number of esters is 1. The van der Waals surface area contributed by atoms with Crippen molar-refractivity contribution < 1.29 is 19.4 Å². The second-order valence-corrected chi connectivity index (χ2v) is 10.2. The summed E-state index contributed by atoms with van der Waals surface area (Å²) in [6.45, 7) is 8.12. The van der Waals surface area contributed by atoms with E-state index >= 15 is 0 Å². The van der Waals surface area contributed by atoms with Crippen molar-refractivity contribution in [3.05, 3.63) is 11.6 Å². The number of aliphatic hydroxyl groups excluding tert-OH is 1. The molecular weight excluding hydrogens is 340 g/mol. The second-order valence-electron chi connectivity index (χ2n) is 10.2. The Morgan fingerprint density at radius 2 is 2.00 bits per heavy atom. The average Bonchev–Trinajstić information content (AvgIpc) is 2.91. The molecule has 27 heavy (non-hydrogen) atoms. The van der Waals surface area contributed by atoms with Crippen molar-refractivity contribution in [1.82, 2.24) is 0 Å². The maximum atomic E-state index is 12.0. The fourth-order valence-corrected chi connectivity index (χ4v) is 7.84. The van der Waals surface area contributed by atoms with Crippen molar-refractivity contribution in [1.29, 1.82) is 0 Å². The predicted octanol–water partition coefficient (Wildman–Crippen LogP) is 4.06. The van der Waals surface area contributed by atoms with Crippen LogP contribution in [0.4, 0.5) is 0 Å². The van der Waals surface area contributed by atoms with E-state index in [0.29, 0.717) is 24.2 Å². The molecule has 0 amide bonds. The zero-order valence-electron chi connectivity index (χ0n) is 17.2. The molecule has 4 nitrogen and oxygen atoms in total. The number of rotatable bonds is 2. The van der Waals surface area contributed by atoms with Crippen LogP contribution < -0.4 is 0 Å². The van der Waals surface area contributed by atoms with Gasteiger partial charge in [-0.3, -0.25) is 9.59 Å². The van der Waals surface area contributed by atoms with E-state index in [1.54, 1.807) is 0 Å². The Morgan fingerprint density at radius 1 is 1.26 bits per heavy atom. The number of hydrogen-bond donors (Lipinski definition) is 1. The largest absolute Gasteiger partial charge is 0.463 e. The maximum absolute atomic E-state index is 12.0. The lowest BCUT2D eigenvalue weighted by molar-refractivity contribution is -0.159. The SMILES string of the molecule is CC(=O)OC(C)C1CCC2C3CCC4=CC(=O)CCC4(C)C3C(O)CC12C. The van der Waals surface area contributed by atoms with Crippen LogP contribution in [0.25, 0.3) is 0 Å². The van der Waals surface area contributed by atoms with Crippen molar-refractivity contribution in [3.8, 4) is 0 Å². The Hall–Kier alpha value is -1.16. The predicted molar refractivity (Wildman–Crippen MR) is 103 cm³/mol. The van der Waals surface area contributed by atoms with Crippen LogP contribution in [0.2, 0.25) is 0 Å². The topological polar surface area (TPSA) is 63.6 Å². The smallest absolute Gasteiger partial charge is 0.302 e. The molecule has 0 heterocycles. The van der Waals surface area contributed by atoms with Crippen molar-refractivity contribution in [2.24, 2.45) is 34.5 Å². The van der Waals surface area contributed by atoms with Gasteiger partial charge < -0.3 is 9.84 Å². The maximum Gasteiger partial charge on any atom is 0.302 e. The normalized spacial score (nSPS) is 47.4. The fourth-order valence-electron chi connectivity index (χ4n) is 7.84. The highest BCUT2D eigenvalue weighted by Gasteiger charge is 2.62. The first-order valence-corrected chi connectivity index (χ1v) is 10.8. The lowest BCUT2D eigenvalue weighted by atomic mass is 9.46. The number of hydrogen-bond acceptors (Lipinski definition) is 4. The molecule has 4 heteroatoms. The van der Waals surface area contributed by atoms with Crippen molar-refractivity contribution in [2.75, 3.05) is 0 Å². The van der Waals surface area contributed by atoms with E-state index in [1.165, 1.54) is 12.5 Å². The molecule has 0 aromatic carbocycles. The first kappa shape index (κ1) is 19.2. The molecule has 0 bridgehead atoms. The highest BCUT2D eigenvalue weighted by atomic mass is 16.5. The van der Waals surface area contributed by atoms with Gasteiger partial charge in [-0.05, 0) is 80.1 Å². The van der Waals surface area contributed by atoms with Crippen molar-refractivity contribution >= 4 is 11.8 Å². The molecule has 4 rings (SSSR count). The van der Waals surface area contributed by atoms with Gasteiger partial charge in [0.15, 0.2) is 5.78 Å². The number of allylic oxidation sites excluding steroid dienone is 1. The lowest BCUT2D eigenvalue weighted by Crippen LogP contribution is -2.57. The van der Waals surface area contributed by atoms with E-state index in [2.05, 4.69) is 13.8 Å². The Labute approximate surface area is 162 Å². The molecule has 0 spiro atoms. The number of carbonyl (C=O) groups excluding carboxylic acids is 2. The van der Waals surface area contributed by atoms with Crippen LogP contribution in [0.3, 0.4) is 0 Å². The molecule has 0 saturated heterocycles. The standard InChI is InChI=1S/C23H34O4/c1-13(27-14(2)24)18-7-8-19-17-6-5-15-11-16(25)9-10-22(15,3)21(17)20(26)12-23(18,19)4/h11,13,17-21,26H,5-10,12H2,1-4H3. The molecular formula is C23H34O4. The highest BCUT2D eigenvalue weighted by Crippen LogP contribution is 2.67. The number of ketones is 1. The molecule has 4 aliphatic carbocycles. The molecule has 0 radical (unpaired) electrons. The van der Waals surface area contributed by atoms with Gasteiger partial charge in [0.05, 0.1) is 6.10 Å². The molecule has 8 unspecified atom stereocenters. The first-order valence-electron chi connectivity index (χ1n) is 10.8. The Morgan fingerprint density at radius 3 is 2.70 bits per heavy atom. The van der Waals surface area contributed by atoms with E-state index in [1.807, 2.05) is 13.0 Å². The van der Waals surface area contributed by atoms with Gasteiger partial charge >= 0.3 is 5.97 Å². The van der Waals surface area contributed by atoms with Crippen LogP contribution in [0.5, 0.6) is 0 Å².